The molecule has 8 heteroatoms. The van der Waals surface area contributed by atoms with Crippen LogP contribution in [0.3, 0.4) is 0 Å². The van der Waals surface area contributed by atoms with Crippen molar-refractivity contribution < 1.29 is 24.0 Å². The van der Waals surface area contributed by atoms with E-state index in [4.69, 9.17) is 5.26 Å². The molecule has 0 N–H and O–H groups in total. The molecule has 110 valence electrons. The van der Waals surface area contributed by atoms with Crippen LogP contribution in [-0.2, 0) is 14.3 Å². The second-order valence-electron chi connectivity index (χ2n) is 4.26. The van der Waals surface area contributed by atoms with Gasteiger partial charge in [0.25, 0.3) is 11.9 Å². The molecular formula is C13H12N2O6. The van der Waals surface area contributed by atoms with E-state index in [1.54, 1.807) is 6.92 Å². The highest BCUT2D eigenvalue weighted by atomic mass is 16.6. The second-order valence-corrected chi connectivity index (χ2v) is 4.26. The maximum absolute atomic E-state index is 11.8. The number of carbonyl (C=O) groups excluding carboxylic acids is 2. The van der Waals surface area contributed by atoms with Gasteiger partial charge < -0.3 is 9.47 Å². The Hall–Kier alpha value is -2.95. The summed E-state index contributed by atoms with van der Waals surface area (Å²) in [6.07, 6.45) is 1.52. The third kappa shape index (κ3) is 3.76. The number of carbonyl (C=O) groups is 2. The lowest BCUT2D eigenvalue weighted by Gasteiger charge is -2.21. The van der Waals surface area contributed by atoms with Crippen molar-refractivity contribution in [1.82, 2.24) is 0 Å². The van der Waals surface area contributed by atoms with Crippen LogP contribution in [-0.4, -0.2) is 22.5 Å². The predicted molar refractivity (Wildman–Crippen MR) is 68.9 cm³/mol. The van der Waals surface area contributed by atoms with Gasteiger partial charge >= 0.3 is 11.9 Å². The molecule has 1 rings (SSSR count). The summed E-state index contributed by atoms with van der Waals surface area (Å²) in [5.74, 6) is -1.98. The lowest BCUT2D eigenvalue weighted by Crippen LogP contribution is -2.39. The number of nitrogens with zero attached hydrogens (tertiary/aromatic N) is 2. The summed E-state index contributed by atoms with van der Waals surface area (Å²) in [5, 5.41) is 19.0. The quantitative estimate of drug-likeness (QED) is 0.267. The van der Waals surface area contributed by atoms with Gasteiger partial charge in [0.2, 0.25) is 5.60 Å². The summed E-state index contributed by atoms with van der Waals surface area (Å²) in [5.41, 5.74) is -1.76. The average Bonchev–Trinajstić information content (AvgIpc) is 2.47. The van der Waals surface area contributed by atoms with Crippen LogP contribution in [0.4, 0.5) is 5.69 Å². The van der Waals surface area contributed by atoms with Gasteiger partial charge in [-0.1, -0.05) is 6.92 Å². The van der Waals surface area contributed by atoms with Gasteiger partial charge in [-0.25, -0.2) is 9.59 Å². The molecule has 8 nitrogen and oxygen atoms in total. The molecule has 1 atom stereocenters. The first kappa shape index (κ1) is 16.1. The molecule has 0 radical (unpaired) electrons. The summed E-state index contributed by atoms with van der Waals surface area (Å²) in [4.78, 5) is 33.4. The Kier molecular flexibility index (Phi) is 4.96. The molecule has 0 amide bonds. The number of nitriles is 1. The van der Waals surface area contributed by atoms with Gasteiger partial charge in [-0.3, -0.25) is 10.1 Å². The molecule has 0 saturated heterocycles. The summed E-state index contributed by atoms with van der Waals surface area (Å²) in [6, 6.07) is 4.57. The number of nitro benzene ring substituents is 1. The number of non-ortho nitro benzene ring substituents is 1. The highest BCUT2D eigenvalue weighted by molar-refractivity contribution is 5.99. The van der Waals surface area contributed by atoms with E-state index in [0.29, 0.717) is 0 Å². The summed E-state index contributed by atoms with van der Waals surface area (Å²) >= 11 is 0. The fraction of sp³-hybridized carbons (Fsp3) is 0.308. The maximum atomic E-state index is 11.8. The van der Waals surface area contributed by atoms with Crippen molar-refractivity contribution in [2.45, 2.75) is 25.9 Å². The molecule has 0 aliphatic rings. The SMILES string of the molecule is CCC(C)(OC#N)C(=O)OC(=O)c1ccc([N+](=O)[O-])cc1. The monoisotopic (exact) mass is 292 g/mol. The van der Waals surface area contributed by atoms with Crippen molar-refractivity contribution in [2.75, 3.05) is 0 Å². The van der Waals surface area contributed by atoms with E-state index in [-0.39, 0.29) is 17.7 Å². The van der Waals surface area contributed by atoms with Gasteiger partial charge in [0.15, 0.2) is 0 Å². The highest BCUT2D eigenvalue weighted by Gasteiger charge is 2.37. The van der Waals surface area contributed by atoms with Crippen molar-refractivity contribution in [1.29, 1.82) is 5.26 Å². The number of hydrogen-bond donors (Lipinski definition) is 0. The van der Waals surface area contributed by atoms with Gasteiger partial charge in [0.1, 0.15) is 0 Å². The molecule has 0 aromatic heterocycles. The number of esters is 2. The Balaban J connectivity index is 2.83. The Morgan fingerprint density at radius 3 is 2.38 bits per heavy atom. The van der Waals surface area contributed by atoms with E-state index in [2.05, 4.69) is 9.47 Å². The molecule has 0 aliphatic heterocycles. The van der Waals surface area contributed by atoms with E-state index >= 15 is 0 Å². The van der Waals surface area contributed by atoms with Crippen LogP contribution in [0.25, 0.3) is 0 Å². The van der Waals surface area contributed by atoms with Gasteiger partial charge in [-0.05, 0) is 25.5 Å². The van der Waals surface area contributed by atoms with E-state index in [1.807, 2.05) is 0 Å². The standard InChI is InChI=1S/C13H12N2O6/c1-3-13(2,20-8-14)12(17)21-11(16)9-4-6-10(7-5-9)15(18)19/h4-7H,3H2,1-2H3. The number of benzene rings is 1. The van der Waals surface area contributed by atoms with Crippen molar-refractivity contribution in [3.63, 3.8) is 0 Å². The van der Waals surface area contributed by atoms with Crippen LogP contribution in [0.15, 0.2) is 24.3 Å². The number of nitro groups is 1. The average molecular weight is 292 g/mol. The summed E-state index contributed by atoms with van der Waals surface area (Å²) in [7, 11) is 0. The van der Waals surface area contributed by atoms with E-state index in [9.17, 15) is 19.7 Å². The van der Waals surface area contributed by atoms with E-state index in [0.717, 1.165) is 12.1 Å². The minimum atomic E-state index is -1.55. The zero-order chi connectivity index (χ0) is 16.0. The van der Waals surface area contributed by atoms with Crippen molar-refractivity contribution in [3.8, 4) is 6.26 Å². The molecule has 1 aromatic carbocycles. The lowest BCUT2D eigenvalue weighted by molar-refractivity contribution is -0.384. The van der Waals surface area contributed by atoms with Gasteiger partial charge in [-0.2, -0.15) is 5.26 Å². The molecule has 1 aromatic rings. The molecule has 0 fully saturated rings. The second kappa shape index (κ2) is 6.47. The molecule has 21 heavy (non-hydrogen) atoms. The van der Waals surface area contributed by atoms with Gasteiger partial charge in [-0.15, -0.1) is 0 Å². The van der Waals surface area contributed by atoms with Crippen LogP contribution in [0.2, 0.25) is 0 Å². The zero-order valence-corrected chi connectivity index (χ0v) is 11.4. The third-order valence-electron chi connectivity index (χ3n) is 2.88. The number of rotatable bonds is 5. The minimum absolute atomic E-state index is 0.0237. The first-order valence-electron chi connectivity index (χ1n) is 5.92. The molecule has 0 saturated carbocycles. The molecule has 0 aliphatic carbocycles. The molecule has 0 spiro atoms. The number of ether oxygens (including phenoxy) is 2. The first-order chi connectivity index (χ1) is 9.84. The summed E-state index contributed by atoms with van der Waals surface area (Å²) in [6.45, 7) is 2.91. The summed E-state index contributed by atoms with van der Waals surface area (Å²) < 4.78 is 9.24. The molecule has 0 heterocycles. The largest absolute Gasteiger partial charge is 0.409 e. The highest BCUT2D eigenvalue weighted by Crippen LogP contribution is 2.18. The molecular weight excluding hydrogens is 280 g/mol. The minimum Gasteiger partial charge on any atom is -0.409 e. The third-order valence-corrected chi connectivity index (χ3v) is 2.88. The van der Waals surface area contributed by atoms with Gasteiger partial charge in [0.05, 0.1) is 10.5 Å². The van der Waals surface area contributed by atoms with Crippen LogP contribution in [0.1, 0.15) is 30.6 Å². The number of hydrogen-bond acceptors (Lipinski definition) is 7. The van der Waals surface area contributed by atoms with Crippen molar-refractivity contribution in [2.24, 2.45) is 0 Å². The fourth-order valence-corrected chi connectivity index (χ4v) is 1.33. The van der Waals surface area contributed by atoms with E-state index in [1.165, 1.54) is 25.3 Å². The Bertz CT molecular complexity index is 604. The lowest BCUT2D eigenvalue weighted by atomic mass is 10.0. The normalized spacial score (nSPS) is 12.6. The zero-order valence-electron chi connectivity index (χ0n) is 11.4. The van der Waals surface area contributed by atoms with E-state index < -0.39 is 22.5 Å². The van der Waals surface area contributed by atoms with Crippen LogP contribution in [0, 0.1) is 21.6 Å². The van der Waals surface area contributed by atoms with Crippen molar-refractivity contribution in [3.05, 3.63) is 39.9 Å². The topological polar surface area (TPSA) is 120 Å². The molecule has 0 bridgehead atoms. The van der Waals surface area contributed by atoms with Crippen molar-refractivity contribution >= 4 is 17.6 Å². The van der Waals surface area contributed by atoms with Crippen LogP contribution in [0.5, 0.6) is 0 Å². The van der Waals surface area contributed by atoms with Crippen LogP contribution < -0.4 is 0 Å². The fourth-order valence-electron chi connectivity index (χ4n) is 1.33. The Morgan fingerprint density at radius 1 is 1.38 bits per heavy atom. The molecule has 1 unspecified atom stereocenters. The Labute approximate surface area is 120 Å². The smallest absolute Gasteiger partial charge is 0.359 e. The van der Waals surface area contributed by atoms with Crippen LogP contribution >= 0.6 is 0 Å². The predicted octanol–water partition coefficient (Wildman–Crippen LogP) is 1.94. The Morgan fingerprint density at radius 2 is 1.95 bits per heavy atom. The maximum Gasteiger partial charge on any atom is 0.359 e. The first-order valence-corrected chi connectivity index (χ1v) is 5.92. The van der Waals surface area contributed by atoms with Gasteiger partial charge in [0, 0.05) is 12.1 Å².